The highest BCUT2D eigenvalue weighted by Crippen LogP contribution is 2.41. The Morgan fingerprint density at radius 1 is 1.18 bits per heavy atom. The number of nitrogens with one attached hydrogen (secondary N) is 1. The lowest BCUT2D eigenvalue weighted by molar-refractivity contribution is -0.137. The van der Waals surface area contributed by atoms with E-state index in [1.165, 1.54) is 31.3 Å². The molecule has 6 nitrogen and oxygen atoms in total. The molecule has 1 atom stereocenters. The molecule has 3 heterocycles. The third-order valence-electron chi connectivity index (χ3n) is 5.00. The maximum Gasteiger partial charge on any atom is 0.416 e. The van der Waals surface area contributed by atoms with Gasteiger partial charge in [-0.15, -0.1) is 0 Å². The molecule has 0 saturated heterocycles. The molecule has 33 heavy (non-hydrogen) atoms. The van der Waals surface area contributed by atoms with Crippen LogP contribution in [0.5, 0.6) is 0 Å². The van der Waals surface area contributed by atoms with Gasteiger partial charge < -0.3 is 5.32 Å². The third-order valence-corrected chi connectivity index (χ3v) is 5.00. The van der Waals surface area contributed by atoms with E-state index >= 15 is 4.39 Å². The molecule has 4 rings (SSSR count). The SMILES string of the molecule is Cc1cc2c(c(F)n1)-c1cccnc1C(F)C(=O)N2CC(=O)Nc1ccc(C(F)(F)F)cc1. The Labute approximate surface area is 184 Å². The van der Waals surface area contributed by atoms with Crippen molar-refractivity contribution in [2.75, 3.05) is 16.8 Å². The number of anilines is 2. The summed E-state index contributed by atoms with van der Waals surface area (Å²) in [4.78, 5) is 33.9. The average molecular weight is 462 g/mol. The van der Waals surface area contributed by atoms with Crippen LogP contribution in [-0.4, -0.2) is 28.3 Å². The van der Waals surface area contributed by atoms with E-state index in [1.807, 2.05) is 0 Å². The summed E-state index contributed by atoms with van der Waals surface area (Å²) in [7, 11) is 0. The van der Waals surface area contributed by atoms with Gasteiger partial charge in [-0.3, -0.25) is 19.5 Å². The number of halogens is 5. The lowest BCUT2D eigenvalue weighted by Gasteiger charge is -2.23. The van der Waals surface area contributed by atoms with Crippen molar-refractivity contribution in [3.8, 4) is 11.1 Å². The van der Waals surface area contributed by atoms with Crippen molar-refractivity contribution < 1.29 is 31.5 Å². The molecule has 0 radical (unpaired) electrons. The second-order valence-corrected chi connectivity index (χ2v) is 7.29. The van der Waals surface area contributed by atoms with Crippen LogP contribution < -0.4 is 10.2 Å². The molecule has 1 unspecified atom stereocenters. The van der Waals surface area contributed by atoms with Gasteiger partial charge in [0.1, 0.15) is 6.54 Å². The quantitative estimate of drug-likeness (QED) is 0.456. The predicted octanol–water partition coefficient (Wildman–Crippen LogP) is 4.61. The van der Waals surface area contributed by atoms with Crippen LogP contribution in [0.1, 0.15) is 23.1 Å². The van der Waals surface area contributed by atoms with Crippen molar-refractivity contribution >= 4 is 23.2 Å². The largest absolute Gasteiger partial charge is 0.416 e. The Kier molecular flexibility index (Phi) is 5.56. The number of pyridine rings is 2. The van der Waals surface area contributed by atoms with E-state index in [1.54, 1.807) is 0 Å². The molecule has 2 aromatic heterocycles. The number of carbonyl (C=O) groups is 2. The fourth-order valence-electron chi connectivity index (χ4n) is 3.53. The molecule has 0 saturated carbocycles. The summed E-state index contributed by atoms with van der Waals surface area (Å²) in [6.07, 6.45) is -5.56. The van der Waals surface area contributed by atoms with Gasteiger partial charge in [-0.05, 0) is 43.3 Å². The van der Waals surface area contributed by atoms with Crippen LogP contribution in [-0.2, 0) is 15.8 Å². The molecule has 1 N–H and O–H groups in total. The van der Waals surface area contributed by atoms with Gasteiger partial charge in [0.2, 0.25) is 18.0 Å². The molecule has 0 fully saturated rings. The van der Waals surface area contributed by atoms with Crippen molar-refractivity contribution in [1.29, 1.82) is 0 Å². The molecule has 11 heteroatoms. The molecular weight excluding hydrogens is 447 g/mol. The number of carbonyl (C=O) groups excluding carboxylic acids is 2. The van der Waals surface area contributed by atoms with Crippen molar-refractivity contribution in [2.45, 2.75) is 19.3 Å². The standard InChI is InChI=1S/C22H15F5N4O2/c1-11-9-15-17(20(24)29-11)14-3-2-8-28-19(14)18(23)21(33)31(15)10-16(32)30-13-6-4-12(5-7-13)22(25,26)27/h2-9,18H,10H2,1H3,(H,30,32). The zero-order valence-electron chi connectivity index (χ0n) is 17.0. The zero-order chi connectivity index (χ0) is 23.9. The Morgan fingerprint density at radius 2 is 1.88 bits per heavy atom. The smallest absolute Gasteiger partial charge is 0.325 e. The minimum atomic E-state index is -4.54. The number of aryl methyl sites for hydroxylation is 1. The Balaban J connectivity index is 1.68. The fourth-order valence-corrected chi connectivity index (χ4v) is 3.53. The molecule has 0 bridgehead atoms. The van der Waals surface area contributed by atoms with Gasteiger partial charge in [0.15, 0.2) is 0 Å². The van der Waals surface area contributed by atoms with Crippen molar-refractivity contribution in [2.24, 2.45) is 0 Å². The van der Waals surface area contributed by atoms with E-state index in [-0.39, 0.29) is 33.9 Å². The van der Waals surface area contributed by atoms with Crippen LogP contribution in [0.2, 0.25) is 0 Å². The summed E-state index contributed by atoms with van der Waals surface area (Å²) < 4.78 is 68.1. The lowest BCUT2D eigenvalue weighted by atomic mass is 10.0. The number of aromatic nitrogens is 2. The first-order chi connectivity index (χ1) is 15.6. The summed E-state index contributed by atoms with van der Waals surface area (Å²) in [5.74, 6) is -2.93. The van der Waals surface area contributed by atoms with Crippen LogP contribution >= 0.6 is 0 Å². The highest BCUT2D eigenvalue weighted by Gasteiger charge is 2.38. The van der Waals surface area contributed by atoms with Crippen LogP contribution in [0.15, 0.2) is 48.7 Å². The Hall–Kier alpha value is -3.89. The number of alkyl halides is 4. The highest BCUT2D eigenvalue weighted by molar-refractivity contribution is 6.08. The Morgan fingerprint density at radius 3 is 2.55 bits per heavy atom. The molecule has 1 aromatic carbocycles. The van der Waals surface area contributed by atoms with Crippen molar-refractivity contribution in [3.05, 3.63) is 71.6 Å². The second kappa shape index (κ2) is 8.23. The average Bonchev–Trinajstić information content (AvgIpc) is 2.83. The van der Waals surface area contributed by atoms with Crippen molar-refractivity contribution in [1.82, 2.24) is 9.97 Å². The molecular formula is C22H15F5N4O2. The first kappa shape index (κ1) is 22.3. The fraction of sp³-hybridized carbons (Fsp3) is 0.182. The van der Waals surface area contributed by atoms with E-state index in [2.05, 4.69) is 15.3 Å². The molecule has 1 aliphatic heterocycles. The van der Waals surface area contributed by atoms with Gasteiger partial charge in [0.25, 0.3) is 5.91 Å². The van der Waals surface area contributed by atoms with Crippen LogP contribution in [0.4, 0.5) is 33.3 Å². The molecule has 3 aromatic rings. The molecule has 0 aliphatic carbocycles. The number of benzene rings is 1. The topological polar surface area (TPSA) is 75.2 Å². The zero-order valence-corrected chi connectivity index (χ0v) is 17.0. The van der Waals surface area contributed by atoms with E-state index in [0.29, 0.717) is 0 Å². The maximum absolute atomic E-state index is 15.1. The number of hydrogen-bond donors (Lipinski definition) is 1. The van der Waals surface area contributed by atoms with Gasteiger partial charge in [0, 0.05) is 23.1 Å². The molecule has 170 valence electrons. The highest BCUT2D eigenvalue weighted by atomic mass is 19.4. The maximum atomic E-state index is 15.1. The summed E-state index contributed by atoms with van der Waals surface area (Å²) in [6.45, 7) is 0.750. The first-order valence-electron chi connectivity index (χ1n) is 9.61. The number of rotatable bonds is 3. The van der Waals surface area contributed by atoms with Gasteiger partial charge in [-0.25, -0.2) is 9.37 Å². The van der Waals surface area contributed by atoms with Gasteiger partial charge in [-0.1, -0.05) is 6.07 Å². The number of hydrogen-bond acceptors (Lipinski definition) is 4. The summed E-state index contributed by atoms with van der Waals surface area (Å²) in [5.41, 5.74) is -1.20. The van der Waals surface area contributed by atoms with E-state index in [9.17, 15) is 27.2 Å². The summed E-state index contributed by atoms with van der Waals surface area (Å²) in [5, 5.41) is 2.36. The third kappa shape index (κ3) is 4.26. The molecule has 0 spiro atoms. The predicted molar refractivity (Wildman–Crippen MR) is 108 cm³/mol. The summed E-state index contributed by atoms with van der Waals surface area (Å²) in [6, 6.07) is 7.85. The molecule has 2 amide bonds. The summed E-state index contributed by atoms with van der Waals surface area (Å²) >= 11 is 0. The van der Waals surface area contributed by atoms with Crippen LogP contribution in [0, 0.1) is 12.9 Å². The first-order valence-corrected chi connectivity index (χ1v) is 9.61. The Bertz CT molecular complexity index is 1240. The minimum Gasteiger partial charge on any atom is -0.325 e. The number of amides is 2. The van der Waals surface area contributed by atoms with E-state index in [0.717, 1.165) is 29.2 Å². The lowest BCUT2D eigenvalue weighted by Crippen LogP contribution is -2.39. The molecule has 1 aliphatic rings. The normalized spacial score (nSPS) is 15.5. The van der Waals surface area contributed by atoms with Gasteiger partial charge in [-0.2, -0.15) is 17.6 Å². The van der Waals surface area contributed by atoms with E-state index in [4.69, 9.17) is 0 Å². The van der Waals surface area contributed by atoms with Gasteiger partial charge >= 0.3 is 6.18 Å². The number of fused-ring (bicyclic) bond motifs is 3. The monoisotopic (exact) mass is 462 g/mol. The van der Waals surface area contributed by atoms with Crippen LogP contribution in [0.25, 0.3) is 11.1 Å². The van der Waals surface area contributed by atoms with E-state index < -0.39 is 42.2 Å². The van der Waals surface area contributed by atoms with Gasteiger partial charge in [0.05, 0.1) is 22.5 Å². The van der Waals surface area contributed by atoms with Crippen LogP contribution in [0.3, 0.4) is 0 Å². The number of nitrogens with zero attached hydrogens (tertiary/aromatic N) is 3. The minimum absolute atomic E-state index is 0.0315. The second-order valence-electron chi connectivity index (χ2n) is 7.29. The van der Waals surface area contributed by atoms with Crippen molar-refractivity contribution in [3.63, 3.8) is 0 Å².